The molecule has 0 aromatic heterocycles. The van der Waals surface area contributed by atoms with Crippen LogP contribution in [0.1, 0.15) is 31.9 Å². The summed E-state index contributed by atoms with van der Waals surface area (Å²) in [7, 11) is 0. The maximum absolute atomic E-state index is 11.6. The molecule has 1 aromatic carbocycles. The average Bonchev–Trinajstić information content (AvgIpc) is 2.42. The minimum Gasteiger partial charge on any atom is -0.387 e. The SMILES string of the molecule is CCCNC(=O)C(C)NCC(O)c1ccccc1. The molecule has 18 heavy (non-hydrogen) atoms. The van der Waals surface area contributed by atoms with Crippen molar-refractivity contribution in [2.24, 2.45) is 0 Å². The maximum atomic E-state index is 11.6. The molecule has 0 fully saturated rings. The fourth-order valence-electron chi connectivity index (χ4n) is 1.58. The molecule has 4 nitrogen and oxygen atoms in total. The van der Waals surface area contributed by atoms with Gasteiger partial charge in [0, 0.05) is 13.1 Å². The molecule has 0 saturated carbocycles. The number of benzene rings is 1. The minimum atomic E-state index is -0.590. The van der Waals surface area contributed by atoms with Crippen LogP contribution in [0.5, 0.6) is 0 Å². The molecule has 0 heterocycles. The van der Waals surface area contributed by atoms with Gasteiger partial charge in [-0.2, -0.15) is 0 Å². The average molecular weight is 250 g/mol. The Morgan fingerprint density at radius 1 is 1.33 bits per heavy atom. The second-order valence-electron chi connectivity index (χ2n) is 4.35. The zero-order chi connectivity index (χ0) is 13.4. The van der Waals surface area contributed by atoms with Gasteiger partial charge < -0.3 is 15.7 Å². The smallest absolute Gasteiger partial charge is 0.236 e. The van der Waals surface area contributed by atoms with E-state index in [4.69, 9.17) is 0 Å². The van der Waals surface area contributed by atoms with E-state index in [1.165, 1.54) is 0 Å². The minimum absolute atomic E-state index is 0.0305. The maximum Gasteiger partial charge on any atom is 0.236 e. The highest BCUT2D eigenvalue weighted by Crippen LogP contribution is 2.10. The summed E-state index contributed by atoms with van der Waals surface area (Å²) >= 11 is 0. The van der Waals surface area contributed by atoms with E-state index in [0.29, 0.717) is 13.1 Å². The van der Waals surface area contributed by atoms with Crippen molar-refractivity contribution in [3.8, 4) is 0 Å². The van der Waals surface area contributed by atoms with Crippen molar-refractivity contribution in [1.29, 1.82) is 0 Å². The van der Waals surface area contributed by atoms with Crippen LogP contribution in [0.15, 0.2) is 30.3 Å². The quantitative estimate of drug-likeness (QED) is 0.682. The monoisotopic (exact) mass is 250 g/mol. The van der Waals surface area contributed by atoms with Crippen molar-refractivity contribution in [2.75, 3.05) is 13.1 Å². The third kappa shape index (κ3) is 4.85. The Bertz CT molecular complexity index is 354. The largest absolute Gasteiger partial charge is 0.387 e. The van der Waals surface area contributed by atoms with Crippen LogP contribution in [-0.4, -0.2) is 30.1 Å². The standard InChI is InChI=1S/C14H22N2O2/c1-3-9-15-14(18)11(2)16-10-13(17)12-7-5-4-6-8-12/h4-8,11,13,16-17H,3,9-10H2,1-2H3,(H,15,18). The van der Waals surface area contributed by atoms with E-state index in [2.05, 4.69) is 10.6 Å². The molecular formula is C14H22N2O2. The van der Waals surface area contributed by atoms with Gasteiger partial charge in [-0.1, -0.05) is 37.3 Å². The molecule has 1 amide bonds. The lowest BCUT2D eigenvalue weighted by Gasteiger charge is -2.17. The van der Waals surface area contributed by atoms with Crippen molar-refractivity contribution in [2.45, 2.75) is 32.4 Å². The highest BCUT2D eigenvalue weighted by Gasteiger charge is 2.13. The summed E-state index contributed by atoms with van der Waals surface area (Å²) in [5, 5.41) is 15.8. The van der Waals surface area contributed by atoms with Crippen LogP contribution in [-0.2, 0) is 4.79 Å². The van der Waals surface area contributed by atoms with Gasteiger partial charge in [0.15, 0.2) is 0 Å². The van der Waals surface area contributed by atoms with Crippen LogP contribution >= 0.6 is 0 Å². The Morgan fingerprint density at radius 3 is 2.61 bits per heavy atom. The number of carbonyl (C=O) groups excluding carboxylic acids is 1. The van der Waals surface area contributed by atoms with Crippen LogP contribution in [0.3, 0.4) is 0 Å². The lowest BCUT2D eigenvalue weighted by atomic mass is 10.1. The van der Waals surface area contributed by atoms with Crippen LogP contribution in [0, 0.1) is 0 Å². The summed E-state index contributed by atoms with van der Waals surface area (Å²) in [5.74, 6) is -0.0305. The van der Waals surface area contributed by atoms with Crippen molar-refractivity contribution < 1.29 is 9.90 Å². The first-order valence-corrected chi connectivity index (χ1v) is 6.39. The van der Waals surface area contributed by atoms with E-state index in [9.17, 15) is 9.90 Å². The fraction of sp³-hybridized carbons (Fsp3) is 0.500. The van der Waals surface area contributed by atoms with Crippen LogP contribution < -0.4 is 10.6 Å². The second-order valence-corrected chi connectivity index (χ2v) is 4.35. The number of nitrogens with one attached hydrogen (secondary N) is 2. The number of carbonyl (C=O) groups is 1. The molecule has 4 heteroatoms. The Labute approximate surface area is 108 Å². The summed E-state index contributed by atoms with van der Waals surface area (Å²) in [6.07, 6.45) is 0.332. The fourth-order valence-corrected chi connectivity index (χ4v) is 1.58. The number of aliphatic hydroxyl groups excluding tert-OH is 1. The predicted molar refractivity (Wildman–Crippen MR) is 72.2 cm³/mol. The molecule has 0 spiro atoms. The first-order valence-electron chi connectivity index (χ1n) is 6.39. The molecule has 2 unspecified atom stereocenters. The summed E-state index contributed by atoms with van der Waals surface area (Å²) in [6, 6.07) is 9.12. The van der Waals surface area contributed by atoms with Gasteiger partial charge in [0.2, 0.25) is 5.91 Å². The summed E-state index contributed by atoms with van der Waals surface area (Å²) in [4.78, 5) is 11.6. The predicted octanol–water partition coefficient (Wildman–Crippen LogP) is 1.22. The molecular weight excluding hydrogens is 228 g/mol. The van der Waals surface area contributed by atoms with Gasteiger partial charge in [0.1, 0.15) is 0 Å². The van der Waals surface area contributed by atoms with Crippen molar-refractivity contribution >= 4 is 5.91 Å². The van der Waals surface area contributed by atoms with Gasteiger partial charge in [-0.25, -0.2) is 0 Å². The number of hydrogen-bond donors (Lipinski definition) is 3. The van der Waals surface area contributed by atoms with Crippen LogP contribution in [0.25, 0.3) is 0 Å². The molecule has 0 aliphatic heterocycles. The number of aliphatic hydroxyl groups is 1. The number of hydrogen-bond acceptors (Lipinski definition) is 3. The van der Waals surface area contributed by atoms with E-state index >= 15 is 0 Å². The Hall–Kier alpha value is -1.39. The number of rotatable bonds is 7. The van der Waals surface area contributed by atoms with Gasteiger partial charge >= 0.3 is 0 Å². The van der Waals surface area contributed by atoms with Crippen molar-refractivity contribution in [1.82, 2.24) is 10.6 Å². The highest BCUT2D eigenvalue weighted by molar-refractivity contribution is 5.81. The van der Waals surface area contributed by atoms with Crippen LogP contribution in [0.2, 0.25) is 0 Å². The summed E-state index contributed by atoms with van der Waals surface area (Å²) in [6.45, 7) is 4.86. The van der Waals surface area contributed by atoms with E-state index in [1.807, 2.05) is 37.3 Å². The topological polar surface area (TPSA) is 61.4 Å². The molecule has 0 saturated heterocycles. The van der Waals surface area contributed by atoms with E-state index < -0.39 is 6.10 Å². The molecule has 100 valence electrons. The second kappa shape index (κ2) is 7.84. The Kier molecular flexibility index (Phi) is 6.39. The molecule has 3 N–H and O–H groups in total. The third-order valence-corrected chi connectivity index (χ3v) is 2.74. The summed E-state index contributed by atoms with van der Waals surface area (Å²) in [5.41, 5.74) is 0.853. The van der Waals surface area contributed by atoms with Gasteiger partial charge in [0.05, 0.1) is 12.1 Å². The van der Waals surface area contributed by atoms with E-state index in [0.717, 1.165) is 12.0 Å². The lowest BCUT2D eigenvalue weighted by Crippen LogP contribution is -2.43. The molecule has 0 aliphatic rings. The van der Waals surface area contributed by atoms with Gasteiger partial charge in [-0.3, -0.25) is 4.79 Å². The molecule has 0 bridgehead atoms. The zero-order valence-corrected chi connectivity index (χ0v) is 11.0. The molecule has 1 aromatic rings. The Morgan fingerprint density at radius 2 is 2.00 bits per heavy atom. The van der Waals surface area contributed by atoms with Crippen molar-refractivity contribution in [3.63, 3.8) is 0 Å². The normalized spacial score (nSPS) is 13.9. The van der Waals surface area contributed by atoms with Gasteiger partial charge in [-0.15, -0.1) is 0 Å². The number of amides is 1. The molecule has 0 radical (unpaired) electrons. The van der Waals surface area contributed by atoms with Crippen molar-refractivity contribution in [3.05, 3.63) is 35.9 Å². The molecule has 2 atom stereocenters. The molecule has 0 aliphatic carbocycles. The van der Waals surface area contributed by atoms with E-state index in [-0.39, 0.29) is 11.9 Å². The zero-order valence-electron chi connectivity index (χ0n) is 11.0. The highest BCUT2D eigenvalue weighted by atomic mass is 16.3. The van der Waals surface area contributed by atoms with Gasteiger partial charge in [0.25, 0.3) is 0 Å². The summed E-state index contributed by atoms with van der Waals surface area (Å²) < 4.78 is 0. The van der Waals surface area contributed by atoms with E-state index in [1.54, 1.807) is 6.92 Å². The Balaban J connectivity index is 2.34. The third-order valence-electron chi connectivity index (χ3n) is 2.74. The first kappa shape index (κ1) is 14.7. The van der Waals surface area contributed by atoms with Crippen LogP contribution in [0.4, 0.5) is 0 Å². The lowest BCUT2D eigenvalue weighted by molar-refractivity contribution is -0.122. The van der Waals surface area contributed by atoms with Gasteiger partial charge in [-0.05, 0) is 18.9 Å². The first-order chi connectivity index (χ1) is 8.65. The molecule has 1 rings (SSSR count).